The third kappa shape index (κ3) is 4.38. The minimum absolute atomic E-state index is 0.0438. The van der Waals surface area contributed by atoms with E-state index in [2.05, 4.69) is 5.32 Å². The number of aliphatic hydroxyl groups excluding tert-OH is 1. The third-order valence-electron chi connectivity index (χ3n) is 2.81. The van der Waals surface area contributed by atoms with Crippen LogP contribution >= 0.6 is 11.3 Å². The van der Waals surface area contributed by atoms with Gasteiger partial charge in [-0.25, -0.2) is 4.39 Å². The standard InChI is InChI=1S/C15H18FNO2S/c16-14-4-3-12(11-17-5-7-19-8-6-18)10-13(14)15-2-1-9-20-15/h1-4,9-10,17-18H,5-8,11H2. The Morgan fingerprint density at radius 1 is 1.25 bits per heavy atom. The monoisotopic (exact) mass is 295 g/mol. The average Bonchev–Trinajstić information content (AvgIpc) is 2.98. The molecular weight excluding hydrogens is 277 g/mol. The summed E-state index contributed by atoms with van der Waals surface area (Å²) < 4.78 is 19.0. The molecule has 0 bridgehead atoms. The van der Waals surface area contributed by atoms with Crippen molar-refractivity contribution in [2.75, 3.05) is 26.4 Å². The molecule has 2 aromatic rings. The van der Waals surface area contributed by atoms with Gasteiger partial charge in [0.05, 0.1) is 19.8 Å². The van der Waals surface area contributed by atoms with Gasteiger partial charge in [0, 0.05) is 23.5 Å². The van der Waals surface area contributed by atoms with E-state index >= 15 is 0 Å². The highest BCUT2D eigenvalue weighted by Crippen LogP contribution is 2.28. The summed E-state index contributed by atoms with van der Waals surface area (Å²) in [6.45, 7) is 2.33. The van der Waals surface area contributed by atoms with Crippen LogP contribution in [0.4, 0.5) is 4.39 Å². The predicted octanol–water partition coefficient (Wildman–Crippen LogP) is 2.65. The lowest BCUT2D eigenvalue weighted by atomic mass is 10.1. The molecule has 0 saturated heterocycles. The van der Waals surface area contributed by atoms with E-state index in [1.165, 1.54) is 17.4 Å². The number of thiophene rings is 1. The maximum absolute atomic E-state index is 13.8. The van der Waals surface area contributed by atoms with Gasteiger partial charge in [-0.2, -0.15) is 0 Å². The van der Waals surface area contributed by atoms with Crippen LogP contribution in [0.3, 0.4) is 0 Å². The topological polar surface area (TPSA) is 41.5 Å². The zero-order valence-corrected chi connectivity index (χ0v) is 12.0. The highest BCUT2D eigenvalue weighted by Gasteiger charge is 2.07. The van der Waals surface area contributed by atoms with Crippen LogP contribution < -0.4 is 5.32 Å². The lowest BCUT2D eigenvalue weighted by molar-refractivity contribution is 0.0938. The first-order valence-corrected chi connectivity index (χ1v) is 7.41. The zero-order chi connectivity index (χ0) is 14.2. The minimum Gasteiger partial charge on any atom is -0.394 e. The SMILES string of the molecule is OCCOCCNCc1ccc(F)c(-c2cccs2)c1. The van der Waals surface area contributed by atoms with E-state index in [-0.39, 0.29) is 12.4 Å². The summed E-state index contributed by atoms with van der Waals surface area (Å²) in [7, 11) is 0. The highest BCUT2D eigenvalue weighted by atomic mass is 32.1. The number of nitrogens with one attached hydrogen (secondary N) is 1. The molecule has 0 amide bonds. The Kier molecular flexibility index (Phi) is 6.14. The molecule has 0 unspecified atom stereocenters. The van der Waals surface area contributed by atoms with Crippen LogP contribution in [0.15, 0.2) is 35.7 Å². The summed E-state index contributed by atoms with van der Waals surface area (Å²) in [6.07, 6.45) is 0. The molecule has 2 N–H and O–H groups in total. The Morgan fingerprint density at radius 3 is 2.90 bits per heavy atom. The first-order valence-electron chi connectivity index (χ1n) is 6.53. The molecule has 0 spiro atoms. The number of rotatable bonds is 8. The molecule has 2 rings (SSSR count). The zero-order valence-electron chi connectivity index (χ0n) is 11.1. The molecule has 1 aromatic carbocycles. The van der Waals surface area contributed by atoms with Gasteiger partial charge in [0.25, 0.3) is 0 Å². The molecule has 0 radical (unpaired) electrons. The Balaban J connectivity index is 1.88. The Morgan fingerprint density at radius 2 is 2.15 bits per heavy atom. The summed E-state index contributed by atoms with van der Waals surface area (Å²) in [4.78, 5) is 0.940. The second-order valence-electron chi connectivity index (χ2n) is 4.30. The molecule has 0 aliphatic rings. The summed E-state index contributed by atoms with van der Waals surface area (Å²) in [6, 6.07) is 9.01. The van der Waals surface area contributed by atoms with Gasteiger partial charge in [-0.05, 0) is 29.1 Å². The van der Waals surface area contributed by atoms with E-state index in [1.807, 2.05) is 23.6 Å². The van der Waals surface area contributed by atoms with Crippen molar-refractivity contribution in [1.82, 2.24) is 5.32 Å². The number of halogens is 1. The molecule has 0 aliphatic heterocycles. The number of ether oxygens (including phenoxy) is 1. The first kappa shape index (κ1) is 15.1. The van der Waals surface area contributed by atoms with Crippen LogP contribution in [0.1, 0.15) is 5.56 Å². The van der Waals surface area contributed by atoms with Gasteiger partial charge in [-0.15, -0.1) is 11.3 Å². The van der Waals surface area contributed by atoms with Crippen molar-refractivity contribution in [3.63, 3.8) is 0 Å². The third-order valence-corrected chi connectivity index (χ3v) is 3.71. The van der Waals surface area contributed by atoms with Crippen LogP contribution in [-0.4, -0.2) is 31.5 Å². The molecular formula is C15H18FNO2S. The molecule has 20 heavy (non-hydrogen) atoms. The molecule has 5 heteroatoms. The van der Waals surface area contributed by atoms with Crippen molar-refractivity contribution < 1.29 is 14.2 Å². The second-order valence-corrected chi connectivity index (χ2v) is 5.25. The average molecular weight is 295 g/mol. The quantitative estimate of drug-likeness (QED) is 0.736. The predicted molar refractivity (Wildman–Crippen MR) is 79.3 cm³/mol. The summed E-state index contributed by atoms with van der Waals surface area (Å²) in [5.41, 5.74) is 1.69. The fourth-order valence-electron chi connectivity index (χ4n) is 1.85. The van der Waals surface area contributed by atoms with Gasteiger partial charge in [-0.1, -0.05) is 12.1 Å². The first-order chi connectivity index (χ1) is 9.81. The maximum atomic E-state index is 13.8. The van der Waals surface area contributed by atoms with E-state index in [9.17, 15) is 4.39 Å². The molecule has 0 fully saturated rings. The summed E-state index contributed by atoms with van der Waals surface area (Å²) >= 11 is 1.53. The summed E-state index contributed by atoms with van der Waals surface area (Å²) in [5.74, 6) is -0.192. The molecule has 0 aliphatic carbocycles. The van der Waals surface area contributed by atoms with Crippen LogP contribution in [0, 0.1) is 5.82 Å². The van der Waals surface area contributed by atoms with Gasteiger partial charge in [-0.3, -0.25) is 0 Å². The van der Waals surface area contributed by atoms with E-state index in [0.29, 0.717) is 31.9 Å². The second kappa shape index (κ2) is 8.11. The molecule has 0 saturated carbocycles. The van der Waals surface area contributed by atoms with Crippen LogP contribution in [0.2, 0.25) is 0 Å². The van der Waals surface area contributed by atoms with Gasteiger partial charge in [0.15, 0.2) is 0 Å². The normalized spacial score (nSPS) is 10.9. The van der Waals surface area contributed by atoms with Crippen molar-refractivity contribution in [1.29, 1.82) is 0 Å². The van der Waals surface area contributed by atoms with E-state index in [1.54, 1.807) is 6.07 Å². The van der Waals surface area contributed by atoms with Crippen LogP contribution in [0.25, 0.3) is 10.4 Å². The molecule has 108 valence electrons. The lowest BCUT2D eigenvalue weighted by Gasteiger charge is -2.08. The number of hydrogen-bond donors (Lipinski definition) is 2. The fourth-order valence-corrected chi connectivity index (χ4v) is 2.59. The van der Waals surface area contributed by atoms with Crippen molar-refractivity contribution in [2.24, 2.45) is 0 Å². The number of hydrogen-bond acceptors (Lipinski definition) is 4. The van der Waals surface area contributed by atoms with E-state index in [0.717, 1.165) is 10.4 Å². The minimum atomic E-state index is -0.192. The van der Waals surface area contributed by atoms with E-state index in [4.69, 9.17) is 9.84 Å². The molecule has 0 atom stereocenters. The van der Waals surface area contributed by atoms with Gasteiger partial charge < -0.3 is 15.2 Å². The maximum Gasteiger partial charge on any atom is 0.131 e. The van der Waals surface area contributed by atoms with Gasteiger partial charge >= 0.3 is 0 Å². The fraction of sp³-hybridized carbons (Fsp3) is 0.333. The lowest BCUT2D eigenvalue weighted by Crippen LogP contribution is -2.20. The molecule has 1 aromatic heterocycles. The summed E-state index contributed by atoms with van der Waals surface area (Å²) in [5, 5.41) is 13.7. The Labute approximate surface area is 122 Å². The largest absolute Gasteiger partial charge is 0.394 e. The van der Waals surface area contributed by atoms with Crippen molar-refractivity contribution in [3.05, 3.63) is 47.1 Å². The van der Waals surface area contributed by atoms with Crippen molar-refractivity contribution in [2.45, 2.75) is 6.54 Å². The van der Waals surface area contributed by atoms with Crippen molar-refractivity contribution in [3.8, 4) is 10.4 Å². The van der Waals surface area contributed by atoms with Crippen LogP contribution in [-0.2, 0) is 11.3 Å². The Hall–Kier alpha value is -1.27. The number of aliphatic hydroxyl groups is 1. The Bertz CT molecular complexity index is 517. The number of benzene rings is 1. The smallest absolute Gasteiger partial charge is 0.131 e. The van der Waals surface area contributed by atoms with Crippen LogP contribution in [0.5, 0.6) is 0 Å². The van der Waals surface area contributed by atoms with Crippen molar-refractivity contribution >= 4 is 11.3 Å². The van der Waals surface area contributed by atoms with Gasteiger partial charge in [0.1, 0.15) is 5.82 Å². The van der Waals surface area contributed by atoms with Gasteiger partial charge in [0.2, 0.25) is 0 Å². The molecule has 3 nitrogen and oxygen atoms in total. The van der Waals surface area contributed by atoms with E-state index < -0.39 is 0 Å². The highest BCUT2D eigenvalue weighted by molar-refractivity contribution is 7.13. The molecule has 1 heterocycles.